The first-order valence-electron chi connectivity index (χ1n) is 5.28. The Labute approximate surface area is 105 Å². The van der Waals surface area contributed by atoms with Crippen LogP contribution in [0.25, 0.3) is 0 Å². The van der Waals surface area contributed by atoms with E-state index in [4.69, 9.17) is 23.2 Å². The highest BCUT2D eigenvalue weighted by molar-refractivity contribution is 6.32. The molecule has 1 aliphatic heterocycles. The predicted molar refractivity (Wildman–Crippen MR) is 64.8 cm³/mol. The van der Waals surface area contributed by atoms with Crippen LogP contribution in [0.15, 0.2) is 12.1 Å². The van der Waals surface area contributed by atoms with Crippen molar-refractivity contribution in [3.63, 3.8) is 0 Å². The lowest BCUT2D eigenvalue weighted by Gasteiger charge is -2.46. The van der Waals surface area contributed by atoms with Gasteiger partial charge >= 0.3 is 0 Å². The fraction of sp³-hybridized carbons (Fsp3) is 0.545. The van der Waals surface area contributed by atoms with Gasteiger partial charge in [-0.2, -0.15) is 0 Å². The van der Waals surface area contributed by atoms with Crippen LogP contribution in [0.3, 0.4) is 0 Å². The molecule has 0 radical (unpaired) electrons. The molecule has 0 aromatic carbocycles. The molecule has 2 rings (SSSR count). The van der Waals surface area contributed by atoms with E-state index < -0.39 is 5.60 Å². The van der Waals surface area contributed by atoms with Gasteiger partial charge in [-0.15, -0.1) is 0 Å². The minimum Gasteiger partial charge on any atom is -0.387 e. The summed E-state index contributed by atoms with van der Waals surface area (Å²) in [6, 6.07) is 3.61. The van der Waals surface area contributed by atoms with Crippen molar-refractivity contribution >= 4 is 23.2 Å². The Morgan fingerprint density at radius 1 is 1.44 bits per heavy atom. The van der Waals surface area contributed by atoms with E-state index in [1.165, 1.54) is 0 Å². The van der Waals surface area contributed by atoms with Crippen molar-refractivity contribution in [1.82, 2.24) is 9.88 Å². The number of pyridine rings is 1. The van der Waals surface area contributed by atoms with Gasteiger partial charge in [0.25, 0.3) is 0 Å². The van der Waals surface area contributed by atoms with Crippen molar-refractivity contribution in [3.8, 4) is 0 Å². The van der Waals surface area contributed by atoms with Crippen LogP contribution in [-0.2, 0) is 6.54 Å². The van der Waals surface area contributed by atoms with Gasteiger partial charge in [-0.05, 0) is 12.5 Å². The van der Waals surface area contributed by atoms with E-state index in [0.29, 0.717) is 29.9 Å². The molecule has 1 aromatic heterocycles. The summed E-state index contributed by atoms with van der Waals surface area (Å²) >= 11 is 11.7. The molecular weight excluding hydrogens is 247 g/mol. The summed E-state index contributed by atoms with van der Waals surface area (Å²) in [5, 5.41) is 10.7. The monoisotopic (exact) mass is 260 g/mol. The third-order valence-corrected chi connectivity index (χ3v) is 3.52. The number of nitrogens with zero attached hydrogens (tertiary/aromatic N) is 2. The summed E-state index contributed by atoms with van der Waals surface area (Å²) in [7, 11) is 0. The van der Waals surface area contributed by atoms with Crippen LogP contribution in [0, 0.1) is 0 Å². The van der Waals surface area contributed by atoms with Crippen LogP contribution < -0.4 is 0 Å². The maximum Gasteiger partial charge on any atom is 0.135 e. The maximum atomic E-state index is 9.87. The first kappa shape index (κ1) is 12.1. The van der Waals surface area contributed by atoms with Crippen LogP contribution in [0.4, 0.5) is 0 Å². The lowest BCUT2D eigenvalue weighted by atomic mass is 9.91. The van der Waals surface area contributed by atoms with Crippen molar-refractivity contribution in [1.29, 1.82) is 0 Å². The standard InChI is InChI=1S/C11H14Cl2N2O/c1-2-11(16)6-15(7-11)5-8-3-4-9(12)14-10(8)13/h3-4,16H,2,5-7H2,1H3. The molecule has 1 N–H and O–H groups in total. The molecule has 1 fully saturated rings. The van der Waals surface area contributed by atoms with Crippen LogP contribution in [0.1, 0.15) is 18.9 Å². The molecule has 1 aromatic rings. The summed E-state index contributed by atoms with van der Waals surface area (Å²) in [6.45, 7) is 4.10. The quantitative estimate of drug-likeness (QED) is 0.848. The zero-order valence-corrected chi connectivity index (χ0v) is 10.6. The van der Waals surface area contributed by atoms with Crippen molar-refractivity contribution < 1.29 is 5.11 Å². The minimum absolute atomic E-state index is 0.405. The minimum atomic E-state index is -0.508. The molecular formula is C11H14Cl2N2O. The molecule has 88 valence electrons. The lowest BCUT2D eigenvalue weighted by Crippen LogP contribution is -2.60. The summed E-state index contributed by atoms with van der Waals surface area (Å²) in [5.74, 6) is 0. The van der Waals surface area contributed by atoms with Crippen molar-refractivity contribution in [2.75, 3.05) is 13.1 Å². The van der Waals surface area contributed by atoms with Gasteiger partial charge in [0.15, 0.2) is 0 Å². The summed E-state index contributed by atoms with van der Waals surface area (Å²) < 4.78 is 0. The smallest absolute Gasteiger partial charge is 0.135 e. The first-order chi connectivity index (χ1) is 7.52. The highest BCUT2D eigenvalue weighted by Crippen LogP contribution is 2.27. The fourth-order valence-corrected chi connectivity index (χ4v) is 2.33. The molecule has 0 aliphatic carbocycles. The Hall–Kier alpha value is -0.350. The van der Waals surface area contributed by atoms with Crippen LogP contribution in [0.5, 0.6) is 0 Å². The van der Waals surface area contributed by atoms with Crippen molar-refractivity contribution in [3.05, 3.63) is 28.0 Å². The number of hydrogen-bond acceptors (Lipinski definition) is 3. The van der Waals surface area contributed by atoms with E-state index in [1.54, 1.807) is 6.07 Å². The van der Waals surface area contributed by atoms with Gasteiger partial charge in [0.2, 0.25) is 0 Å². The van der Waals surface area contributed by atoms with E-state index in [-0.39, 0.29) is 0 Å². The van der Waals surface area contributed by atoms with Gasteiger partial charge in [0, 0.05) is 25.2 Å². The Bertz CT molecular complexity index is 392. The number of β-amino-alcohol motifs (C(OH)–C–C–N with tert-alkyl or cyclic N) is 1. The highest BCUT2D eigenvalue weighted by Gasteiger charge is 2.39. The third-order valence-electron chi connectivity index (χ3n) is 2.98. The first-order valence-corrected chi connectivity index (χ1v) is 6.04. The van der Waals surface area contributed by atoms with Gasteiger partial charge in [-0.1, -0.05) is 36.2 Å². The van der Waals surface area contributed by atoms with E-state index in [1.807, 2.05) is 13.0 Å². The predicted octanol–water partition coefficient (Wildman–Crippen LogP) is 2.35. The van der Waals surface area contributed by atoms with Gasteiger partial charge < -0.3 is 5.11 Å². The average molecular weight is 261 g/mol. The van der Waals surface area contributed by atoms with Crippen LogP contribution in [0.2, 0.25) is 10.3 Å². The number of likely N-dealkylation sites (tertiary alicyclic amines) is 1. The second-order valence-electron chi connectivity index (χ2n) is 4.31. The van der Waals surface area contributed by atoms with Gasteiger partial charge in [0.05, 0.1) is 5.60 Å². The largest absolute Gasteiger partial charge is 0.387 e. The molecule has 1 saturated heterocycles. The molecule has 1 aliphatic rings. The molecule has 0 spiro atoms. The number of aliphatic hydroxyl groups is 1. The van der Waals surface area contributed by atoms with Crippen LogP contribution in [-0.4, -0.2) is 33.7 Å². The highest BCUT2D eigenvalue weighted by atomic mass is 35.5. The Morgan fingerprint density at radius 3 is 2.69 bits per heavy atom. The van der Waals surface area contributed by atoms with E-state index >= 15 is 0 Å². The Balaban J connectivity index is 1.96. The van der Waals surface area contributed by atoms with E-state index in [9.17, 15) is 5.11 Å². The molecule has 0 atom stereocenters. The van der Waals surface area contributed by atoms with Gasteiger partial charge in [-0.3, -0.25) is 4.90 Å². The van der Waals surface area contributed by atoms with E-state index in [0.717, 1.165) is 12.0 Å². The molecule has 0 amide bonds. The normalized spacial score (nSPS) is 19.5. The molecule has 2 heterocycles. The molecule has 3 nitrogen and oxygen atoms in total. The van der Waals surface area contributed by atoms with Crippen molar-refractivity contribution in [2.24, 2.45) is 0 Å². The Kier molecular flexibility index (Phi) is 3.40. The third kappa shape index (κ3) is 2.48. The topological polar surface area (TPSA) is 36.4 Å². The Morgan fingerprint density at radius 2 is 2.12 bits per heavy atom. The SMILES string of the molecule is CCC1(O)CN(Cc2ccc(Cl)nc2Cl)C1. The zero-order valence-electron chi connectivity index (χ0n) is 9.08. The molecule has 16 heavy (non-hydrogen) atoms. The molecule has 0 saturated carbocycles. The summed E-state index contributed by atoms with van der Waals surface area (Å²) in [5.41, 5.74) is 0.441. The molecule has 0 bridgehead atoms. The second-order valence-corrected chi connectivity index (χ2v) is 5.05. The lowest BCUT2D eigenvalue weighted by molar-refractivity contribution is -0.103. The maximum absolute atomic E-state index is 9.87. The van der Waals surface area contributed by atoms with E-state index in [2.05, 4.69) is 9.88 Å². The molecule has 5 heteroatoms. The van der Waals surface area contributed by atoms with Crippen LogP contribution >= 0.6 is 23.2 Å². The average Bonchev–Trinajstić information content (AvgIpc) is 2.19. The number of rotatable bonds is 3. The number of aromatic nitrogens is 1. The second kappa shape index (κ2) is 4.49. The fourth-order valence-electron chi connectivity index (χ4n) is 1.92. The summed E-state index contributed by atoms with van der Waals surface area (Å²) in [6.07, 6.45) is 0.788. The zero-order chi connectivity index (χ0) is 11.8. The summed E-state index contributed by atoms with van der Waals surface area (Å²) in [4.78, 5) is 6.12. The van der Waals surface area contributed by atoms with Crippen molar-refractivity contribution in [2.45, 2.75) is 25.5 Å². The number of hydrogen-bond donors (Lipinski definition) is 1. The number of halogens is 2. The van der Waals surface area contributed by atoms with Gasteiger partial charge in [-0.25, -0.2) is 4.98 Å². The molecule has 0 unspecified atom stereocenters. The van der Waals surface area contributed by atoms with Gasteiger partial charge in [0.1, 0.15) is 10.3 Å².